The van der Waals surface area contributed by atoms with Crippen LogP contribution in [0.1, 0.15) is 22.5 Å². The van der Waals surface area contributed by atoms with Crippen molar-refractivity contribution in [1.29, 1.82) is 0 Å². The Morgan fingerprint density at radius 1 is 1.00 bits per heavy atom. The minimum Gasteiger partial charge on any atom is -0.455 e. The summed E-state index contributed by atoms with van der Waals surface area (Å²) in [6.07, 6.45) is 1.82. The van der Waals surface area contributed by atoms with Crippen molar-refractivity contribution in [1.82, 2.24) is 0 Å². The van der Waals surface area contributed by atoms with Crippen molar-refractivity contribution in [2.75, 3.05) is 10.6 Å². The van der Waals surface area contributed by atoms with E-state index in [0.717, 1.165) is 12.8 Å². The number of thiophene rings is 1. The highest BCUT2D eigenvalue weighted by Gasteiger charge is 2.29. The molecule has 0 radical (unpaired) electrons. The van der Waals surface area contributed by atoms with Crippen molar-refractivity contribution in [3.8, 4) is 11.5 Å². The summed E-state index contributed by atoms with van der Waals surface area (Å²) in [7, 11) is 0. The van der Waals surface area contributed by atoms with E-state index in [1.54, 1.807) is 24.3 Å². The molecule has 2 N–H and O–H groups in total. The number of ether oxygens (including phenoxy) is 1. The van der Waals surface area contributed by atoms with Crippen molar-refractivity contribution in [3.63, 3.8) is 0 Å². The topological polar surface area (TPSA) is 67.4 Å². The molecule has 142 valence electrons. The lowest BCUT2D eigenvalue weighted by molar-refractivity contribution is -0.117. The molecule has 2 aromatic carbocycles. The van der Waals surface area contributed by atoms with Gasteiger partial charge >= 0.3 is 0 Å². The molecular formula is C21H17FN2O3S. The Kier molecular flexibility index (Phi) is 5.08. The van der Waals surface area contributed by atoms with E-state index in [2.05, 4.69) is 10.6 Å². The van der Waals surface area contributed by atoms with Gasteiger partial charge in [0.1, 0.15) is 11.6 Å². The molecule has 0 bridgehead atoms. The first-order valence-corrected chi connectivity index (χ1v) is 9.64. The smallest absolute Gasteiger partial charge is 0.265 e. The number of nitrogens with one attached hydrogen (secondary N) is 2. The Bertz CT molecular complexity index is 1020. The van der Waals surface area contributed by atoms with Crippen molar-refractivity contribution in [3.05, 3.63) is 71.4 Å². The summed E-state index contributed by atoms with van der Waals surface area (Å²) in [5, 5.41) is 6.11. The molecule has 0 atom stereocenters. The summed E-state index contributed by atoms with van der Waals surface area (Å²) in [5.74, 6) is 0.0899. The van der Waals surface area contributed by atoms with Gasteiger partial charge in [-0.1, -0.05) is 18.2 Å². The van der Waals surface area contributed by atoms with E-state index in [4.69, 9.17) is 4.74 Å². The van der Waals surface area contributed by atoms with Gasteiger partial charge in [-0.3, -0.25) is 9.59 Å². The van der Waals surface area contributed by atoms with Crippen LogP contribution >= 0.6 is 11.3 Å². The molecule has 5 nitrogen and oxygen atoms in total. The van der Waals surface area contributed by atoms with E-state index in [9.17, 15) is 14.0 Å². The van der Waals surface area contributed by atoms with Gasteiger partial charge in [0.25, 0.3) is 5.91 Å². The van der Waals surface area contributed by atoms with Gasteiger partial charge in [-0.05, 0) is 49.2 Å². The molecule has 7 heteroatoms. The second kappa shape index (κ2) is 7.82. The molecule has 0 aliphatic heterocycles. The van der Waals surface area contributed by atoms with E-state index >= 15 is 0 Å². The highest BCUT2D eigenvalue weighted by molar-refractivity contribution is 7.18. The Hall–Kier alpha value is -3.19. The number of hydrogen-bond donors (Lipinski definition) is 2. The van der Waals surface area contributed by atoms with Crippen LogP contribution in [0.4, 0.5) is 15.1 Å². The van der Waals surface area contributed by atoms with E-state index in [0.29, 0.717) is 21.4 Å². The first-order valence-electron chi connectivity index (χ1n) is 8.83. The molecule has 0 spiro atoms. The summed E-state index contributed by atoms with van der Waals surface area (Å²) >= 11 is 1.17. The number of rotatable bonds is 6. The largest absolute Gasteiger partial charge is 0.455 e. The Morgan fingerprint density at radius 3 is 2.54 bits per heavy atom. The minimum atomic E-state index is -0.487. The van der Waals surface area contributed by atoms with E-state index in [-0.39, 0.29) is 17.5 Å². The lowest BCUT2D eigenvalue weighted by Crippen LogP contribution is -2.12. The average molecular weight is 396 g/mol. The Labute approximate surface area is 165 Å². The van der Waals surface area contributed by atoms with Crippen LogP contribution < -0.4 is 15.4 Å². The number of carbonyl (C=O) groups is 2. The van der Waals surface area contributed by atoms with E-state index in [1.807, 2.05) is 18.2 Å². The van der Waals surface area contributed by atoms with Gasteiger partial charge in [0.05, 0.1) is 15.6 Å². The lowest BCUT2D eigenvalue weighted by atomic mass is 10.2. The summed E-state index contributed by atoms with van der Waals surface area (Å²) < 4.78 is 19.5. The van der Waals surface area contributed by atoms with Crippen LogP contribution in [-0.2, 0) is 4.79 Å². The van der Waals surface area contributed by atoms with Gasteiger partial charge < -0.3 is 15.4 Å². The highest BCUT2D eigenvalue weighted by Crippen LogP contribution is 2.33. The van der Waals surface area contributed by atoms with E-state index in [1.165, 1.54) is 29.5 Å². The van der Waals surface area contributed by atoms with Crippen LogP contribution in [0, 0.1) is 11.7 Å². The fourth-order valence-corrected chi connectivity index (χ4v) is 3.39. The zero-order chi connectivity index (χ0) is 19.5. The van der Waals surface area contributed by atoms with Crippen LogP contribution in [0.2, 0.25) is 0 Å². The number of amides is 2. The molecule has 3 aromatic rings. The molecule has 28 heavy (non-hydrogen) atoms. The quantitative estimate of drug-likeness (QED) is 0.596. The Balaban J connectivity index is 1.48. The number of hydrogen-bond acceptors (Lipinski definition) is 4. The maximum absolute atomic E-state index is 13.7. The minimum absolute atomic E-state index is 0.0162. The maximum Gasteiger partial charge on any atom is 0.265 e. The number of para-hydroxylation sites is 1. The second-order valence-corrected chi connectivity index (χ2v) is 7.52. The standard InChI is InChI=1S/C21H17FN2O3S/c22-14-8-9-17(27-15-4-2-1-3-5-15)16(12-14)23-21(26)18-10-11-19(28-18)24-20(25)13-6-7-13/h1-5,8-13H,6-7H2,(H,23,26)(H,24,25). The molecule has 0 unspecified atom stereocenters. The van der Waals surface area contributed by atoms with Crippen molar-refractivity contribution in [2.24, 2.45) is 5.92 Å². The average Bonchev–Trinajstić information content (AvgIpc) is 3.44. The highest BCUT2D eigenvalue weighted by atomic mass is 32.1. The zero-order valence-corrected chi connectivity index (χ0v) is 15.6. The molecule has 1 aromatic heterocycles. The van der Waals surface area contributed by atoms with Gasteiger partial charge in [-0.25, -0.2) is 4.39 Å². The third kappa shape index (κ3) is 4.37. The Morgan fingerprint density at radius 2 is 1.79 bits per heavy atom. The van der Waals surface area contributed by atoms with Crippen molar-refractivity contribution >= 4 is 33.8 Å². The number of carbonyl (C=O) groups excluding carboxylic acids is 2. The normalized spacial score (nSPS) is 13.0. The predicted molar refractivity (Wildman–Crippen MR) is 107 cm³/mol. The SMILES string of the molecule is O=C(Nc1cc(F)ccc1Oc1ccccc1)c1ccc(NC(=O)C2CC2)s1. The van der Waals surface area contributed by atoms with Crippen LogP contribution in [-0.4, -0.2) is 11.8 Å². The van der Waals surface area contributed by atoms with E-state index < -0.39 is 11.7 Å². The monoisotopic (exact) mass is 396 g/mol. The third-order valence-corrected chi connectivity index (χ3v) is 5.18. The molecule has 2 amide bonds. The zero-order valence-electron chi connectivity index (χ0n) is 14.8. The molecule has 1 aliphatic carbocycles. The third-order valence-electron chi connectivity index (χ3n) is 4.19. The summed E-state index contributed by atoms with van der Waals surface area (Å²) in [5.41, 5.74) is 0.228. The molecule has 1 saturated carbocycles. The van der Waals surface area contributed by atoms with Gasteiger partial charge in [0, 0.05) is 12.0 Å². The lowest BCUT2D eigenvalue weighted by Gasteiger charge is -2.12. The molecule has 0 saturated heterocycles. The molecule has 1 fully saturated rings. The number of anilines is 2. The fraction of sp³-hybridized carbons (Fsp3) is 0.143. The molecule has 1 aliphatic rings. The molecule has 4 rings (SSSR count). The van der Waals surface area contributed by atoms with Gasteiger partial charge in [-0.2, -0.15) is 0 Å². The number of benzene rings is 2. The van der Waals surface area contributed by atoms with Crippen molar-refractivity contribution < 1.29 is 18.7 Å². The predicted octanol–water partition coefficient (Wildman–Crippen LogP) is 5.28. The first kappa shape index (κ1) is 18.2. The fourth-order valence-electron chi connectivity index (χ4n) is 2.58. The van der Waals surface area contributed by atoms with Gasteiger partial charge in [-0.15, -0.1) is 11.3 Å². The molecule has 1 heterocycles. The number of halogens is 1. The molecular weight excluding hydrogens is 379 g/mol. The van der Waals surface area contributed by atoms with Crippen LogP contribution in [0.15, 0.2) is 60.7 Å². The van der Waals surface area contributed by atoms with Crippen LogP contribution in [0.3, 0.4) is 0 Å². The second-order valence-electron chi connectivity index (χ2n) is 6.44. The van der Waals surface area contributed by atoms with Gasteiger partial charge in [0.2, 0.25) is 5.91 Å². The van der Waals surface area contributed by atoms with Crippen molar-refractivity contribution in [2.45, 2.75) is 12.8 Å². The summed E-state index contributed by atoms with van der Waals surface area (Å²) in [6, 6.07) is 16.3. The van der Waals surface area contributed by atoms with Crippen LogP contribution in [0.25, 0.3) is 0 Å². The summed E-state index contributed by atoms with van der Waals surface area (Å²) in [4.78, 5) is 24.8. The van der Waals surface area contributed by atoms with Crippen LogP contribution in [0.5, 0.6) is 11.5 Å². The van der Waals surface area contributed by atoms with Gasteiger partial charge in [0.15, 0.2) is 5.75 Å². The summed E-state index contributed by atoms with van der Waals surface area (Å²) in [6.45, 7) is 0. The first-order chi connectivity index (χ1) is 13.6. The maximum atomic E-state index is 13.7.